The van der Waals surface area contributed by atoms with Crippen molar-refractivity contribution in [2.45, 2.75) is 5.88 Å². The van der Waals surface area contributed by atoms with E-state index in [-0.39, 0.29) is 16.7 Å². The lowest BCUT2D eigenvalue weighted by Crippen LogP contribution is -2.00. The molecule has 0 aliphatic carbocycles. The topological polar surface area (TPSA) is 17.8 Å². The number of aromatic nitrogens is 2. The molecule has 0 saturated heterocycles. The van der Waals surface area contributed by atoms with E-state index in [0.717, 1.165) is 0 Å². The average molecular weight is 313 g/mol. The van der Waals surface area contributed by atoms with Crippen LogP contribution in [0.25, 0.3) is 16.7 Å². The normalized spacial score (nSPS) is 11.2. The lowest BCUT2D eigenvalue weighted by atomic mass is 10.2. The van der Waals surface area contributed by atoms with E-state index in [4.69, 9.17) is 23.2 Å². The van der Waals surface area contributed by atoms with Gasteiger partial charge in [0.25, 0.3) is 0 Å². The maximum absolute atomic E-state index is 13.3. The van der Waals surface area contributed by atoms with Gasteiger partial charge in [-0.05, 0) is 30.3 Å². The molecule has 0 bridgehead atoms. The van der Waals surface area contributed by atoms with Crippen molar-refractivity contribution in [2.75, 3.05) is 0 Å². The number of benzene rings is 2. The second-order valence-corrected chi connectivity index (χ2v) is 4.90. The van der Waals surface area contributed by atoms with Gasteiger partial charge in [-0.3, -0.25) is 4.57 Å². The monoisotopic (exact) mass is 312 g/mol. The van der Waals surface area contributed by atoms with E-state index < -0.39 is 5.82 Å². The molecule has 3 rings (SSSR count). The molecule has 2 nitrogen and oxygen atoms in total. The molecule has 20 heavy (non-hydrogen) atoms. The number of imidazole rings is 1. The highest BCUT2D eigenvalue weighted by molar-refractivity contribution is 6.32. The van der Waals surface area contributed by atoms with Crippen LogP contribution in [-0.4, -0.2) is 9.55 Å². The van der Waals surface area contributed by atoms with Crippen molar-refractivity contribution >= 4 is 34.2 Å². The minimum absolute atomic E-state index is 0.129. The molecule has 0 spiro atoms. The Kier molecular flexibility index (Phi) is 3.36. The van der Waals surface area contributed by atoms with Crippen molar-refractivity contribution in [3.8, 4) is 5.69 Å². The highest BCUT2D eigenvalue weighted by atomic mass is 35.5. The molecule has 0 radical (unpaired) electrons. The van der Waals surface area contributed by atoms with E-state index in [0.29, 0.717) is 22.5 Å². The molecule has 1 heterocycles. The van der Waals surface area contributed by atoms with Crippen molar-refractivity contribution in [1.29, 1.82) is 0 Å². The van der Waals surface area contributed by atoms with Crippen molar-refractivity contribution in [3.63, 3.8) is 0 Å². The third-order valence-corrected chi connectivity index (χ3v) is 3.50. The SMILES string of the molecule is Fc1ccc(-n2c(CCl)nc3cc(F)ccc32)c(Cl)c1. The largest absolute Gasteiger partial charge is 0.294 e. The van der Waals surface area contributed by atoms with Gasteiger partial charge in [0.1, 0.15) is 17.5 Å². The number of halogens is 4. The Morgan fingerprint density at radius 2 is 1.75 bits per heavy atom. The van der Waals surface area contributed by atoms with Gasteiger partial charge in [0.15, 0.2) is 0 Å². The van der Waals surface area contributed by atoms with Gasteiger partial charge in [0, 0.05) is 6.07 Å². The first-order valence-electron chi connectivity index (χ1n) is 5.78. The predicted molar refractivity (Wildman–Crippen MR) is 75.6 cm³/mol. The fourth-order valence-electron chi connectivity index (χ4n) is 2.12. The second kappa shape index (κ2) is 5.04. The molecule has 0 unspecified atom stereocenters. The summed E-state index contributed by atoms with van der Waals surface area (Å²) in [5, 5.41) is 0.236. The van der Waals surface area contributed by atoms with Gasteiger partial charge in [-0.25, -0.2) is 13.8 Å². The summed E-state index contributed by atoms with van der Waals surface area (Å²) >= 11 is 12.0. The van der Waals surface area contributed by atoms with Gasteiger partial charge in [-0.1, -0.05) is 11.6 Å². The van der Waals surface area contributed by atoms with Crippen LogP contribution >= 0.6 is 23.2 Å². The molecule has 0 saturated carbocycles. The fraction of sp³-hybridized carbons (Fsp3) is 0.0714. The van der Waals surface area contributed by atoms with Crippen LogP contribution in [0.1, 0.15) is 5.82 Å². The summed E-state index contributed by atoms with van der Waals surface area (Å²) < 4.78 is 28.1. The lowest BCUT2D eigenvalue weighted by Gasteiger charge is -2.09. The average Bonchev–Trinajstić information content (AvgIpc) is 2.76. The third-order valence-electron chi connectivity index (χ3n) is 2.96. The lowest BCUT2D eigenvalue weighted by molar-refractivity contribution is 0.627. The molecule has 6 heteroatoms. The molecule has 0 atom stereocenters. The summed E-state index contributed by atoms with van der Waals surface area (Å²) in [6.45, 7) is 0. The summed E-state index contributed by atoms with van der Waals surface area (Å²) in [5.41, 5.74) is 1.69. The maximum atomic E-state index is 13.3. The zero-order valence-electron chi connectivity index (χ0n) is 10.1. The van der Waals surface area contributed by atoms with Crippen LogP contribution in [0.3, 0.4) is 0 Å². The molecule has 102 valence electrons. The summed E-state index contributed by atoms with van der Waals surface area (Å²) in [6.07, 6.45) is 0. The fourth-order valence-corrected chi connectivity index (χ4v) is 2.56. The van der Waals surface area contributed by atoms with E-state index >= 15 is 0 Å². The Labute approximate surface area is 123 Å². The van der Waals surface area contributed by atoms with E-state index in [1.54, 1.807) is 10.6 Å². The van der Waals surface area contributed by atoms with E-state index in [9.17, 15) is 8.78 Å². The van der Waals surface area contributed by atoms with Gasteiger partial charge in [0.05, 0.1) is 27.6 Å². The number of hydrogen-bond acceptors (Lipinski definition) is 1. The van der Waals surface area contributed by atoms with Crippen LogP contribution in [0.5, 0.6) is 0 Å². The van der Waals surface area contributed by atoms with Crippen LogP contribution < -0.4 is 0 Å². The summed E-state index contributed by atoms with van der Waals surface area (Å²) in [4.78, 5) is 4.27. The van der Waals surface area contributed by atoms with Crippen LogP contribution in [0.2, 0.25) is 5.02 Å². The molecule has 0 fully saturated rings. The summed E-state index contributed by atoms with van der Waals surface area (Å²) in [5.74, 6) is -0.167. The van der Waals surface area contributed by atoms with E-state index in [2.05, 4.69) is 4.98 Å². The molecular formula is C14H8Cl2F2N2. The highest BCUT2D eigenvalue weighted by Crippen LogP contribution is 2.28. The van der Waals surface area contributed by atoms with Crippen LogP contribution in [0.4, 0.5) is 8.78 Å². The first kappa shape index (κ1) is 13.3. The van der Waals surface area contributed by atoms with Crippen LogP contribution in [0, 0.1) is 11.6 Å². The zero-order valence-corrected chi connectivity index (χ0v) is 11.6. The van der Waals surface area contributed by atoms with Crippen molar-refractivity contribution in [1.82, 2.24) is 9.55 Å². The van der Waals surface area contributed by atoms with Gasteiger partial charge >= 0.3 is 0 Å². The smallest absolute Gasteiger partial charge is 0.129 e. The van der Waals surface area contributed by atoms with E-state index in [1.807, 2.05) is 0 Å². The minimum atomic E-state index is -0.429. The molecular weight excluding hydrogens is 305 g/mol. The summed E-state index contributed by atoms with van der Waals surface area (Å²) in [7, 11) is 0. The van der Waals surface area contributed by atoms with Gasteiger partial charge in [0.2, 0.25) is 0 Å². The molecule has 3 aromatic rings. The number of fused-ring (bicyclic) bond motifs is 1. The molecule has 0 aliphatic heterocycles. The summed E-state index contributed by atoms with van der Waals surface area (Å²) in [6, 6.07) is 8.29. The molecule has 0 amide bonds. The standard InChI is InChI=1S/C14H8Cl2F2N2/c15-7-14-19-11-6-9(18)2-4-13(11)20(14)12-3-1-8(17)5-10(12)16/h1-6H,7H2. The van der Waals surface area contributed by atoms with Gasteiger partial charge < -0.3 is 0 Å². The molecule has 1 aromatic heterocycles. The third kappa shape index (κ3) is 2.15. The zero-order chi connectivity index (χ0) is 14.3. The first-order chi connectivity index (χ1) is 9.60. The molecule has 0 aliphatic rings. The van der Waals surface area contributed by atoms with E-state index in [1.165, 1.54) is 30.3 Å². The Morgan fingerprint density at radius 1 is 1.05 bits per heavy atom. The van der Waals surface area contributed by atoms with Crippen molar-refractivity contribution in [3.05, 3.63) is 58.9 Å². The van der Waals surface area contributed by atoms with Crippen LogP contribution in [-0.2, 0) is 5.88 Å². The Bertz CT molecular complexity index is 799. The first-order valence-corrected chi connectivity index (χ1v) is 6.69. The van der Waals surface area contributed by atoms with Gasteiger partial charge in [-0.2, -0.15) is 0 Å². The highest BCUT2D eigenvalue weighted by Gasteiger charge is 2.15. The Hall–Kier alpha value is -1.65. The van der Waals surface area contributed by atoms with Gasteiger partial charge in [-0.15, -0.1) is 11.6 Å². The number of rotatable bonds is 2. The van der Waals surface area contributed by atoms with Crippen molar-refractivity contribution in [2.24, 2.45) is 0 Å². The Balaban J connectivity index is 2.34. The number of alkyl halides is 1. The molecule has 0 N–H and O–H groups in total. The second-order valence-electron chi connectivity index (χ2n) is 4.23. The van der Waals surface area contributed by atoms with Crippen molar-refractivity contribution < 1.29 is 8.78 Å². The minimum Gasteiger partial charge on any atom is -0.294 e. The maximum Gasteiger partial charge on any atom is 0.129 e. The Morgan fingerprint density at radius 3 is 2.45 bits per heavy atom. The number of nitrogens with zero attached hydrogens (tertiary/aromatic N) is 2. The predicted octanol–water partition coefficient (Wildman–Crippen LogP) is 4.70. The number of hydrogen-bond donors (Lipinski definition) is 0. The quantitative estimate of drug-likeness (QED) is 0.627. The molecule has 2 aromatic carbocycles. The van der Waals surface area contributed by atoms with Crippen LogP contribution in [0.15, 0.2) is 36.4 Å².